The minimum absolute atomic E-state index is 0.131. The lowest BCUT2D eigenvalue weighted by Crippen LogP contribution is -2.45. The smallest absolute Gasteiger partial charge is 0.0219 e. The van der Waals surface area contributed by atoms with Crippen molar-refractivity contribution in [3.8, 4) is 0 Å². The van der Waals surface area contributed by atoms with Gasteiger partial charge in [-0.15, -0.1) is 0 Å². The van der Waals surface area contributed by atoms with Crippen molar-refractivity contribution in [2.75, 3.05) is 6.54 Å². The third kappa shape index (κ3) is 3.34. The Morgan fingerprint density at radius 2 is 2.17 bits per heavy atom. The Kier molecular flexibility index (Phi) is 4.46. The summed E-state index contributed by atoms with van der Waals surface area (Å²) in [4.78, 5) is 0. The molecule has 3 heteroatoms. The lowest BCUT2D eigenvalue weighted by Gasteiger charge is -2.29. The molecule has 0 radical (unpaired) electrons. The molecule has 2 nitrogen and oxygen atoms in total. The van der Waals surface area contributed by atoms with Gasteiger partial charge in [-0.3, -0.25) is 0 Å². The van der Waals surface area contributed by atoms with Crippen LogP contribution in [0.1, 0.15) is 38.7 Å². The number of nitrogens with one attached hydrogen (secondary N) is 1. The van der Waals surface area contributed by atoms with Crippen LogP contribution in [0.25, 0.3) is 0 Å². The first-order valence-electron chi connectivity index (χ1n) is 6.74. The molecule has 1 aliphatic rings. The zero-order chi connectivity index (χ0) is 13.2. The molecule has 2 rings (SSSR count). The third-order valence-corrected chi connectivity index (χ3v) is 4.47. The van der Waals surface area contributed by atoms with E-state index < -0.39 is 0 Å². The highest BCUT2D eigenvalue weighted by molar-refractivity contribution is 9.10. The second-order valence-corrected chi connectivity index (χ2v) is 6.89. The van der Waals surface area contributed by atoms with Crippen LogP contribution in [0.3, 0.4) is 0 Å². The quantitative estimate of drug-likeness (QED) is 0.896. The maximum Gasteiger partial charge on any atom is 0.0219 e. The van der Waals surface area contributed by atoms with Crippen molar-refractivity contribution >= 4 is 15.9 Å². The molecule has 3 N–H and O–H groups in total. The summed E-state index contributed by atoms with van der Waals surface area (Å²) >= 11 is 3.54. The van der Waals surface area contributed by atoms with Gasteiger partial charge in [-0.2, -0.15) is 0 Å². The van der Waals surface area contributed by atoms with Crippen molar-refractivity contribution < 1.29 is 0 Å². The van der Waals surface area contributed by atoms with Crippen LogP contribution in [-0.2, 0) is 5.41 Å². The van der Waals surface area contributed by atoms with Gasteiger partial charge in [0, 0.05) is 28.5 Å². The summed E-state index contributed by atoms with van der Waals surface area (Å²) < 4.78 is 1.14. The van der Waals surface area contributed by atoms with E-state index in [4.69, 9.17) is 5.73 Å². The van der Waals surface area contributed by atoms with E-state index in [9.17, 15) is 0 Å². The number of hydrogen-bond acceptors (Lipinski definition) is 2. The Morgan fingerprint density at radius 1 is 1.39 bits per heavy atom. The van der Waals surface area contributed by atoms with Gasteiger partial charge in [0.15, 0.2) is 0 Å². The molecule has 0 bridgehead atoms. The van der Waals surface area contributed by atoms with Gasteiger partial charge in [-0.1, -0.05) is 48.3 Å². The molecule has 1 aromatic rings. The molecule has 0 amide bonds. The molecular formula is C15H23BrN2. The molecule has 2 atom stereocenters. The van der Waals surface area contributed by atoms with Gasteiger partial charge in [0.05, 0.1) is 0 Å². The van der Waals surface area contributed by atoms with E-state index in [0.717, 1.165) is 17.4 Å². The fourth-order valence-electron chi connectivity index (χ4n) is 2.64. The standard InChI is InChI=1S/C15H23BrN2/c1-15(2,11-5-3-6-12(16)9-11)10-18-14-8-4-7-13(14)17/h3,5-6,9,13-14,18H,4,7-8,10,17H2,1-2H3. The largest absolute Gasteiger partial charge is 0.326 e. The molecule has 1 aliphatic carbocycles. The van der Waals surface area contributed by atoms with Crippen LogP contribution in [0.15, 0.2) is 28.7 Å². The highest BCUT2D eigenvalue weighted by Crippen LogP contribution is 2.26. The molecule has 0 spiro atoms. The lowest BCUT2D eigenvalue weighted by molar-refractivity contribution is 0.400. The summed E-state index contributed by atoms with van der Waals surface area (Å²) in [5.41, 5.74) is 7.59. The normalized spacial score (nSPS) is 24.4. The van der Waals surface area contributed by atoms with E-state index in [-0.39, 0.29) is 5.41 Å². The Bertz CT molecular complexity index is 403. The highest BCUT2D eigenvalue weighted by Gasteiger charge is 2.27. The fraction of sp³-hybridized carbons (Fsp3) is 0.600. The Hall–Kier alpha value is -0.380. The SMILES string of the molecule is CC(C)(CNC1CCCC1N)c1cccc(Br)c1. The molecule has 0 aromatic heterocycles. The average Bonchev–Trinajstić information content (AvgIpc) is 2.72. The van der Waals surface area contributed by atoms with Crippen molar-refractivity contribution in [2.45, 2.75) is 50.6 Å². The summed E-state index contributed by atoms with van der Waals surface area (Å²) in [6, 6.07) is 9.40. The molecule has 0 saturated heterocycles. The minimum Gasteiger partial charge on any atom is -0.326 e. The second-order valence-electron chi connectivity index (χ2n) is 5.98. The summed E-state index contributed by atoms with van der Waals surface area (Å²) in [5.74, 6) is 0. The number of halogens is 1. The predicted molar refractivity (Wildman–Crippen MR) is 80.8 cm³/mol. The van der Waals surface area contributed by atoms with Gasteiger partial charge in [-0.05, 0) is 30.5 Å². The summed E-state index contributed by atoms with van der Waals surface area (Å²) in [6.07, 6.45) is 3.64. The summed E-state index contributed by atoms with van der Waals surface area (Å²) in [5, 5.41) is 3.65. The average molecular weight is 311 g/mol. The maximum atomic E-state index is 6.10. The van der Waals surface area contributed by atoms with Crippen LogP contribution in [-0.4, -0.2) is 18.6 Å². The lowest BCUT2D eigenvalue weighted by atomic mass is 9.84. The minimum atomic E-state index is 0.131. The van der Waals surface area contributed by atoms with E-state index in [0.29, 0.717) is 12.1 Å². The van der Waals surface area contributed by atoms with Crippen molar-refractivity contribution in [2.24, 2.45) is 5.73 Å². The van der Waals surface area contributed by atoms with E-state index in [2.05, 4.69) is 59.4 Å². The van der Waals surface area contributed by atoms with Crippen LogP contribution < -0.4 is 11.1 Å². The van der Waals surface area contributed by atoms with Gasteiger partial charge in [0.25, 0.3) is 0 Å². The topological polar surface area (TPSA) is 38.0 Å². The predicted octanol–water partition coefficient (Wildman–Crippen LogP) is 3.20. The molecule has 1 saturated carbocycles. The third-order valence-electron chi connectivity index (χ3n) is 3.98. The van der Waals surface area contributed by atoms with Gasteiger partial charge in [0.1, 0.15) is 0 Å². The zero-order valence-electron chi connectivity index (χ0n) is 11.2. The summed E-state index contributed by atoms with van der Waals surface area (Å²) in [7, 11) is 0. The second kappa shape index (κ2) is 5.72. The first-order chi connectivity index (χ1) is 8.49. The van der Waals surface area contributed by atoms with Crippen LogP contribution in [0, 0.1) is 0 Å². The van der Waals surface area contributed by atoms with Crippen LogP contribution in [0.4, 0.5) is 0 Å². The van der Waals surface area contributed by atoms with Gasteiger partial charge >= 0.3 is 0 Å². The van der Waals surface area contributed by atoms with Crippen LogP contribution >= 0.6 is 15.9 Å². The van der Waals surface area contributed by atoms with Crippen molar-refractivity contribution in [1.29, 1.82) is 0 Å². The molecule has 1 aromatic carbocycles. The van der Waals surface area contributed by atoms with Crippen LogP contribution in [0.2, 0.25) is 0 Å². The molecular weight excluding hydrogens is 288 g/mol. The van der Waals surface area contributed by atoms with Gasteiger partial charge in [0.2, 0.25) is 0 Å². The summed E-state index contributed by atoms with van der Waals surface area (Å²) in [6.45, 7) is 5.53. The highest BCUT2D eigenvalue weighted by atomic mass is 79.9. The number of nitrogens with two attached hydrogens (primary N) is 1. The van der Waals surface area contributed by atoms with Crippen molar-refractivity contribution in [1.82, 2.24) is 5.32 Å². The molecule has 0 aliphatic heterocycles. The van der Waals surface area contributed by atoms with Gasteiger partial charge in [-0.25, -0.2) is 0 Å². The van der Waals surface area contributed by atoms with E-state index in [1.165, 1.54) is 18.4 Å². The monoisotopic (exact) mass is 310 g/mol. The molecule has 1 fully saturated rings. The fourth-order valence-corrected chi connectivity index (χ4v) is 3.04. The first-order valence-corrected chi connectivity index (χ1v) is 7.53. The van der Waals surface area contributed by atoms with E-state index in [1.807, 2.05) is 0 Å². The van der Waals surface area contributed by atoms with Crippen molar-refractivity contribution in [3.63, 3.8) is 0 Å². The van der Waals surface area contributed by atoms with Crippen LogP contribution in [0.5, 0.6) is 0 Å². The van der Waals surface area contributed by atoms with Crippen molar-refractivity contribution in [3.05, 3.63) is 34.3 Å². The number of rotatable bonds is 4. The molecule has 2 unspecified atom stereocenters. The Morgan fingerprint density at radius 3 is 2.78 bits per heavy atom. The maximum absolute atomic E-state index is 6.10. The zero-order valence-corrected chi connectivity index (χ0v) is 12.8. The molecule has 100 valence electrons. The number of hydrogen-bond donors (Lipinski definition) is 2. The molecule has 18 heavy (non-hydrogen) atoms. The Balaban J connectivity index is 1.98. The molecule has 0 heterocycles. The first kappa shape index (κ1) is 14.0. The number of benzene rings is 1. The Labute approximate surface area is 118 Å². The van der Waals surface area contributed by atoms with E-state index >= 15 is 0 Å². The van der Waals surface area contributed by atoms with E-state index in [1.54, 1.807) is 0 Å². The van der Waals surface area contributed by atoms with Gasteiger partial charge < -0.3 is 11.1 Å².